The number of hydrogen-bond acceptors (Lipinski definition) is 3. The van der Waals surface area contributed by atoms with Crippen LogP contribution in [0, 0.1) is 0 Å². The van der Waals surface area contributed by atoms with Crippen LogP contribution in [0.4, 0.5) is 0 Å². The second-order valence-corrected chi connectivity index (χ2v) is 5.34. The predicted octanol–water partition coefficient (Wildman–Crippen LogP) is 0.621. The smallest absolute Gasteiger partial charge is 0.362 e. The van der Waals surface area contributed by atoms with Crippen LogP contribution in [-0.2, 0) is 9.91 Å². The van der Waals surface area contributed by atoms with Crippen molar-refractivity contribution in [2.24, 2.45) is 5.73 Å². The molecule has 0 bridgehead atoms. The molecule has 7 heteroatoms. The fourth-order valence-corrected chi connectivity index (χ4v) is 1.97. The summed E-state index contributed by atoms with van der Waals surface area (Å²) in [5, 5.41) is 7.84. The highest BCUT2D eigenvalue weighted by Gasteiger charge is 2.45. The zero-order valence-corrected chi connectivity index (χ0v) is 9.32. The molecule has 0 heterocycles. The average molecular weight is 252 g/mol. The quantitative estimate of drug-likeness (QED) is 0.590. The van der Waals surface area contributed by atoms with E-state index in [0.29, 0.717) is 5.02 Å². The third kappa shape index (κ3) is 2.39. The topological polar surface area (TPSA) is 104 Å². The Kier molecular flexibility index (Phi) is 3.55. The number of nitrogens with two attached hydrogens (primary N) is 1. The Hall–Kier alpha value is -0.420. The average Bonchev–Trinajstić information content (AvgIpc) is 2.16. The van der Waals surface area contributed by atoms with E-state index in [0.717, 1.165) is 0 Å². The number of benzene rings is 1. The van der Waals surface area contributed by atoms with E-state index in [1.165, 1.54) is 24.3 Å². The molecule has 0 saturated carbocycles. The molecule has 1 rings (SSSR count). The molecule has 1 atom stereocenters. The lowest BCUT2D eigenvalue weighted by molar-refractivity contribution is 0.0977. The molecule has 1 aromatic carbocycles. The van der Waals surface area contributed by atoms with Crippen LogP contribution in [0.15, 0.2) is 24.3 Å². The summed E-state index contributed by atoms with van der Waals surface area (Å²) >= 11 is 5.61. The Labute approximate surface area is 91.7 Å². The highest BCUT2D eigenvalue weighted by Crippen LogP contribution is 2.54. The highest BCUT2D eigenvalue weighted by atomic mass is 35.5. The molecule has 1 aromatic rings. The molecule has 0 amide bonds. The van der Waals surface area contributed by atoms with Gasteiger partial charge >= 0.3 is 7.60 Å². The van der Waals surface area contributed by atoms with Crippen LogP contribution < -0.4 is 5.73 Å². The van der Waals surface area contributed by atoms with Crippen LogP contribution in [0.5, 0.6) is 0 Å². The van der Waals surface area contributed by atoms with Crippen molar-refractivity contribution in [3.8, 4) is 0 Å². The molecule has 5 nitrogen and oxygen atoms in total. The van der Waals surface area contributed by atoms with E-state index in [1.54, 1.807) is 0 Å². The zero-order valence-electron chi connectivity index (χ0n) is 7.67. The van der Waals surface area contributed by atoms with E-state index in [4.69, 9.17) is 27.1 Å². The van der Waals surface area contributed by atoms with Gasteiger partial charge < -0.3 is 20.6 Å². The van der Waals surface area contributed by atoms with Gasteiger partial charge in [0.1, 0.15) is 0 Å². The lowest BCUT2D eigenvalue weighted by Crippen LogP contribution is -2.34. The third-order valence-electron chi connectivity index (χ3n) is 2.07. The first-order valence-corrected chi connectivity index (χ1v) is 6.04. The minimum Gasteiger partial charge on any atom is -0.372 e. The zero-order chi connectivity index (χ0) is 11.7. The van der Waals surface area contributed by atoms with Crippen LogP contribution in [0.3, 0.4) is 0 Å². The molecule has 0 spiro atoms. The minimum atomic E-state index is -4.74. The molecule has 0 aliphatic carbocycles. The van der Waals surface area contributed by atoms with Crippen LogP contribution in [0.25, 0.3) is 0 Å². The number of halogens is 1. The molecule has 0 radical (unpaired) electrons. The van der Waals surface area contributed by atoms with E-state index in [-0.39, 0.29) is 5.56 Å². The highest BCUT2D eigenvalue weighted by molar-refractivity contribution is 7.52. The molecular weight excluding hydrogens is 241 g/mol. The Morgan fingerprint density at radius 1 is 1.33 bits per heavy atom. The van der Waals surface area contributed by atoms with Crippen molar-refractivity contribution in [1.82, 2.24) is 0 Å². The summed E-state index contributed by atoms with van der Waals surface area (Å²) in [4.78, 5) is 18.0. The molecule has 0 aromatic heterocycles. The van der Waals surface area contributed by atoms with Crippen LogP contribution in [0.1, 0.15) is 5.56 Å². The maximum Gasteiger partial charge on any atom is 0.362 e. The standard InChI is InChI=1S/C8H11ClNO4P/c9-7-3-1-6(2-4-7)8(11,5-10)15(12,13)14/h1-4,11H,5,10H2,(H2,12,13,14). The molecule has 0 aliphatic heterocycles. The van der Waals surface area contributed by atoms with Crippen molar-refractivity contribution < 1.29 is 19.5 Å². The number of rotatable bonds is 3. The molecule has 84 valence electrons. The minimum absolute atomic E-state index is 0.0442. The SMILES string of the molecule is NCC(O)(c1ccc(Cl)cc1)P(=O)(O)O. The Morgan fingerprint density at radius 3 is 2.13 bits per heavy atom. The van der Waals surface area contributed by atoms with Crippen molar-refractivity contribution in [2.45, 2.75) is 5.34 Å². The number of hydrogen-bond donors (Lipinski definition) is 4. The second-order valence-electron chi connectivity index (χ2n) is 3.07. The molecule has 0 fully saturated rings. The lowest BCUT2D eigenvalue weighted by atomic mass is 10.1. The first-order chi connectivity index (χ1) is 6.81. The fourth-order valence-electron chi connectivity index (χ4n) is 1.12. The lowest BCUT2D eigenvalue weighted by Gasteiger charge is -2.27. The van der Waals surface area contributed by atoms with Gasteiger partial charge in [-0.1, -0.05) is 23.7 Å². The van der Waals surface area contributed by atoms with Crippen molar-refractivity contribution in [3.63, 3.8) is 0 Å². The van der Waals surface area contributed by atoms with E-state index in [1.807, 2.05) is 0 Å². The van der Waals surface area contributed by atoms with Crippen LogP contribution in [0.2, 0.25) is 5.02 Å². The normalized spacial score (nSPS) is 16.1. The van der Waals surface area contributed by atoms with E-state index in [2.05, 4.69) is 0 Å². The van der Waals surface area contributed by atoms with E-state index in [9.17, 15) is 9.67 Å². The monoisotopic (exact) mass is 251 g/mol. The largest absolute Gasteiger partial charge is 0.372 e. The molecule has 15 heavy (non-hydrogen) atoms. The van der Waals surface area contributed by atoms with Crippen molar-refractivity contribution >= 4 is 19.2 Å². The van der Waals surface area contributed by atoms with Gasteiger partial charge in [-0.05, 0) is 17.7 Å². The van der Waals surface area contributed by atoms with Gasteiger partial charge in [0.15, 0.2) is 0 Å². The summed E-state index contributed by atoms with van der Waals surface area (Å²) in [6, 6.07) is 5.50. The maximum absolute atomic E-state index is 11.1. The van der Waals surface area contributed by atoms with E-state index < -0.39 is 19.5 Å². The summed E-state index contributed by atoms with van der Waals surface area (Å²) in [6.07, 6.45) is 0. The predicted molar refractivity (Wildman–Crippen MR) is 56.4 cm³/mol. The van der Waals surface area contributed by atoms with Gasteiger partial charge in [0.25, 0.3) is 0 Å². The van der Waals surface area contributed by atoms with Crippen molar-refractivity contribution in [3.05, 3.63) is 34.9 Å². The first-order valence-electron chi connectivity index (χ1n) is 4.05. The summed E-state index contributed by atoms with van der Waals surface area (Å²) in [6.45, 7) is -0.571. The molecule has 5 N–H and O–H groups in total. The van der Waals surface area contributed by atoms with Gasteiger partial charge in [-0.25, -0.2) is 0 Å². The Bertz CT molecular complexity index is 390. The second kappa shape index (κ2) is 4.22. The maximum atomic E-state index is 11.1. The Morgan fingerprint density at radius 2 is 1.80 bits per heavy atom. The van der Waals surface area contributed by atoms with Gasteiger partial charge in [0.2, 0.25) is 5.34 Å². The van der Waals surface area contributed by atoms with Gasteiger partial charge in [-0.15, -0.1) is 0 Å². The third-order valence-corrected chi connectivity index (χ3v) is 3.73. The first kappa shape index (κ1) is 12.6. The molecule has 1 unspecified atom stereocenters. The summed E-state index contributed by atoms with van der Waals surface area (Å²) in [5.41, 5.74) is 5.23. The molecule has 0 aliphatic rings. The summed E-state index contributed by atoms with van der Waals surface area (Å²) in [5.74, 6) is 0. The molecular formula is C8H11ClNO4P. The van der Waals surface area contributed by atoms with Crippen molar-refractivity contribution in [1.29, 1.82) is 0 Å². The van der Waals surface area contributed by atoms with Gasteiger partial charge in [-0.2, -0.15) is 0 Å². The summed E-state index contributed by atoms with van der Waals surface area (Å²) < 4.78 is 11.1. The van der Waals surface area contributed by atoms with Crippen LogP contribution >= 0.6 is 19.2 Å². The number of aliphatic hydroxyl groups is 1. The van der Waals surface area contributed by atoms with Gasteiger partial charge in [0.05, 0.1) is 0 Å². The van der Waals surface area contributed by atoms with Gasteiger partial charge in [0, 0.05) is 11.6 Å². The van der Waals surface area contributed by atoms with Crippen LogP contribution in [-0.4, -0.2) is 21.4 Å². The molecule has 0 saturated heterocycles. The van der Waals surface area contributed by atoms with Crippen molar-refractivity contribution in [2.75, 3.05) is 6.54 Å². The van der Waals surface area contributed by atoms with E-state index >= 15 is 0 Å². The summed E-state index contributed by atoms with van der Waals surface area (Å²) in [7, 11) is -4.74. The van der Waals surface area contributed by atoms with Gasteiger partial charge in [-0.3, -0.25) is 4.57 Å². The fraction of sp³-hybridized carbons (Fsp3) is 0.250. The Balaban J connectivity index is 3.24.